The molecule has 0 atom stereocenters. The van der Waals surface area contributed by atoms with E-state index in [4.69, 9.17) is 0 Å². The summed E-state index contributed by atoms with van der Waals surface area (Å²) in [7, 11) is 0. The first-order valence-corrected chi connectivity index (χ1v) is 7.29. The fraction of sp³-hybridized carbons (Fsp3) is 0.429. The van der Waals surface area contributed by atoms with Gasteiger partial charge in [0.05, 0.1) is 5.56 Å². The molecule has 1 aromatic rings. The largest absolute Gasteiger partial charge is 0.339 e. The molecule has 0 unspecified atom stereocenters. The Kier molecular flexibility index (Phi) is 4.58. The van der Waals surface area contributed by atoms with Gasteiger partial charge in [0, 0.05) is 29.7 Å². The molecule has 1 N–H and O–H groups in total. The summed E-state index contributed by atoms with van der Waals surface area (Å²) in [4.78, 5) is 25.5. The number of carbonyl (C=O) groups is 2. The quantitative estimate of drug-likeness (QED) is 0.929. The number of nitrogens with one attached hydrogen (secondary N) is 1. The second-order valence-corrected chi connectivity index (χ2v) is 5.45. The van der Waals surface area contributed by atoms with Crippen LogP contribution in [0.4, 0.5) is 5.69 Å². The maximum absolute atomic E-state index is 12.3. The number of amides is 2. The first kappa shape index (κ1) is 14.1. The second-order valence-electron chi connectivity index (χ2n) is 4.60. The number of hydrogen-bond donors (Lipinski definition) is 1. The molecule has 0 saturated carbocycles. The molecular weight excluding hydrogens is 308 g/mol. The van der Waals surface area contributed by atoms with Gasteiger partial charge in [0.1, 0.15) is 0 Å². The molecule has 0 aliphatic carbocycles. The van der Waals surface area contributed by atoms with E-state index in [2.05, 4.69) is 21.2 Å². The highest BCUT2D eigenvalue weighted by atomic mass is 79.9. The fourth-order valence-corrected chi connectivity index (χ4v) is 2.65. The zero-order chi connectivity index (χ0) is 13.8. The Balaban J connectivity index is 2.14. The van der Waals surface area contributed by atoms with Crippen LogP contribution in [0.1, 0.15) is 36.5 Å². The highest BCUT2D eigenvalue weighted by Gasteiger charge is 2.21. The average Bonchev–Trinajstić information content (AvgIpc) is 2.92. The number of likely N-dealkylation sites (tertiary alicyclic amines) is 1. The molecule has 1 heterocycles. The molecule has 4 nitrogen and oxygen atoms in total. The van der Waals surface area contributed by atoms with E-state index < -0.39 is 0 Å². The van der Waals surface area contributed by atoms with Crippen LogP contribution in [0.25, 0.3) is 0 Å². The van der Waals surface area contributed by atoms with E-state index >= 15 is 0 Å². The van der Waals surface area contributed by atoms with Gasteiger partial charge in [-0.1, -0.05) is 6.92 Å². The molecule has 1 aliphatic heterocycles. The molecule has 1 saturated heterocycles. The van der Waals surface area contributed by atoms with Gasteiger partial charge in [-0.05, 0) is 47.0 Å². The molecule has 1 aliphatic rings. The van der Waals surface area contributed by atoms with Gasteiger partial charge in [0.25, 0.3) is 5.91 Å². The minimum Gasteiger partial charge on any atom is -0.339 e. The highest BCUT2D eigenvalue weighted by molar-refractivity contribution is 9.10. The maximum Gasteiger partial charge on any atom is 0.254 e. The van der Waals surface area contributed by atoms with Crippen molar-refractivity contribution < 1.29 is 9.59 Å². The highest BCUT2D eigenvalue weighted by Crippen LogP contribution is 2.24. The van der Waals surface area contributed by atoms with Crippen LogP contribution in [-0.2, 0) is 4.79 Å². The average molecular weight is 325 g/mol. The number of rotatable bonds is 3. The topological polar surface area (TPSA) is 49.4 Å². The molecule has 2 amide bonds. The van der Waals surface area contributed by atoms with E-state index in [1.165, 1.54) is 0 Å². The molecule has 102 valence electrons. The van der Waals surface area contributed by atoms with E-state index in [1.54, 1.807) is 25.1 Å². The summed E-state index contributed by atoms with van der Waals surface area (Å²) in [5, 5.41) is 2.77. The van der Waals surface area contributed by atoms with Crippen LogP contribution < -0.4 is 5.32 Å². The van der Waals surface area contributed by atoms with Gasteiger partial charge in [-0.25, -0.2) is 0 Å². The monoisotopic (exact) mass is 324 g/mol. The summed E-state index contributed by atoms with van der Waals surface area (Å²) in [6, 6.07) is 5.30. The van der Waals surface area contributed by atoms with Crippen molar-refractivity contribution in [1.29, 1.82) is 0 Å². The summed E-state index contributed by atoms with van der Waals surface area (Å²) in [5.74, 6) is 0.0169. The van der Waals surface area contributed by atoms with Crippen molar-refractivity contribution in [1.82, 2.24) is 4.90 Å². The van der Waals surface area contributed by atoms with E-state index in [1.807, 2.05) is 4.90 Å². The molecule has 0 spiro atoms. The van der Waals surface area contributed by atoms with Crippen molar-refractivity contribution in [2.75, 3.05) is 18.4 Å². The summed E-state index contributed by atoms with van der Waals surface area (Å²) in [6.07, 6.45) is 2.59. The molecule has 1 aromatic carbocycles. The normalized spacial score (nSPS) is 14.5. The van der Waals surface area contributed by atoms with E-state index in [0.717, 1.165) is 30.4 Å². The van der Waals surface area contributed by atoms with Gasteiger partial charge in [-0.2, -0.15) is 0 Å². The molecule has 5 heteroatoms. The Labute approximate surface area is 121 Å². The second kappa shape index (κ2) is 6.19. The smallest absolute Gasteiger partial charge is 0.254 e. The minimum absolute atomic E-state index is 0.0366. The third-order valence-electron chi connectivity index (χ3n) is 3.20. The Morgan fingerprint density at radius 2 is 2.00 bits per heavy atom. The lowest BCUT2D eigenvalue weighted by molar-refractivity contribution is -0.115. The van der Waals surface area contributed by atoms with Gasteiger partial charge < -0.3 is 10.2 Å². The lowest BCUT2D eigenvalue weighted by atomic mass is 10.2. The van der Waals surface area contributed by atoms with E-state index in [-0.39, 0.29) is 11.8 Å². The Hall–Kier alpha value is -1.36. The number of benzene rings is 1. The first-order valence-electron chi connectivity index (χ1n) is 6.50. The lowest BCUT2D eigenvalue weighted by Crippen LogP contribution is -2.27. The first-order chi connectivity index (χ1) is 9.11. The zero-order valence-electron chi connectivity index (χ0n) is 10.9. The molecule has 0 radical (unpaired) electrons. The van der Waals surface area contributed by atoms with Crippen LogP contribution in [-0.4, -0.2) is 29.8 Å². The van der Waals surface area contributed by atoms with E-state index in [9.17, 15) is 9.59 Å². The van der Waals surface area contributed by atoms with Gasteiger partial charge in [-0.3, -0.25) is 9.59 Å². The third-order valence-corrected chi connectivity index (χ3v) is 3.85. The fourth-order valence-electron chi connectivity index (χ4n) is 2.11. The van der Waals surface area contributed by atoms with Crippen molar-refractivity contribution in [2.45, 2.75) is 26.2 Å². The number of anilines is 1. The molecule has 0 bridgehead atoms. The number of nitrogens with zero attached hydrogens (tertiary/aromatic N) is 1. The molecular formula is C14H17BrN2O2. The lowest BCUT2D eigenvalue weighted by Gasteiger charge is -2.16. The van der Waals surface area contributed by atoms with Gasteiger partial charge >= 0.3 is 0 Å². The van der Waals surface area contributed by atoms with Crippen molar-refractivity contribution in [3.8, 4) is 0 Å². The van der Waals surface area contributed by atoms with Gasteiger partial charge in [0.15, 0.2) is 0 Å². The molecule has 1 fully saturated rings. The van der Waals surface area contributed by atoms with Crippen LogP contribution >= 0.6 is 15.9 Å². The summed E-state index contributed by atoms with van der Waals surface area (Å²) >= 11 is 3.41. The van der Waals surface area contributed by atoms with Crippen LogP contribution in [0.2, 0.25) is 0 Å². The van der Waals surface area contributed by atoms with Gasteiger partial charge in [0.2, 0.25) is 5.91 Å². The standard InChI is InChI=1S/C14H17BrN2O2/c1-2-13(18)16-10-5-6-11(12(15)9-10)14(19)17-7-3-4-8-17/h5-6,9H,2-4,7-8H2,1H3,(H,16,18). The van der Waals surface area contributed by atoms with Crippen LogP contribution in [0.15, 0.2) is 22.7 Å². The predicted molar refractivity (Wildman–Crippen MR) is 78.2 cm³/mol. The van der Waals surface area contributed by atoms with E-state index in [0.29, 0.717) is 17.7 Å². The summed E-state index contributed by atoms with van der Waals surface area (Å²) < 4.78 is 0.721. The van der Waals surface area contributed by atoms with Crippen molar-refractivity contribution in [3.05, 3.63) is 28.2 Å². The van der Waals surface area contributed by atoms with Crippen molar-refractivity contribution >= 4 is 33.4 Å². The SMILES string of the molecule is CCC(=O)Nc1ccc(C(=O)N2CCCC2)c(Br)c1. The van der Waals surface area contributed by atoms with Crippen molar-refractivity contribution in [2.24, 2.45) is 0 Å². The van der Waals surface area contributed by atoms with Gasteiger partial charge in [-0.15, -0.1) is 0 Å². The number of hydrogen-bond acceptors (Lipinski definition) is 2. The Morgan fingerprint density at radius 1 is 1.32 bits per heavy atom. The zero-order valence-corrected chi connectivity index (χ0v) is 12.5. The molecule has 19 heavy (non-hydrogen) atoms. The number of halogens is 1. The molecule has 2 rings (SSSR count). The maximum atomic E-state index is 12.3. The summed E-state index contributed by atoms with van der Waals surface area (Å²) in [6.45, 7) is 3.47. The summed E-state index contributed by atoms with van der Waals surface area (Å²) in [5.41, 5.74) is 1.35. The Morgan fingerprint density at radius 3 is 2.58 bits per heavy atom. The predicted octanol–water partition coefficient (Wildman–Crippen LogP) is 3.03. The number of carbonyl (C=O) groups excluding carboxylic acids is 2. The van der Waals surface area contributed by atoms with Crippen LogP contribution in [0.3, 0.4) is 0 Å². The minimum atomic E-state index is -0.0366. The Bertz CT molecular complexity index is 496. The van der Waals surface area contributed by atoms with Crippen molar-refractivity contribution in [3.63, 3.8) is 0 Å². The molecule has 0 aromatic heterocycles. The van der Waals surface area contributed by atoms with Crippen LogP contribution in [0, 0.1) is 0 Å². The third kappa shape index (κ3) is 3.35. The van der Waals surface area contributed by atoms with Crippen LogP contribution in [0.5, 0.6) is 0 Å².